The van der Waals surface area contributed by atoms with Gasteiger partial charge in [0.25, 0.3) is 0 Å². The average Bonchev–Trinajstić information content (AvgIpc) is 3.09. The van der Waals surface area contributed by atoms with Crippen molar-refractivity contribution in [1.82, 2.24) is 0 Å². The van der Waals surface area contributed by atoms with Crippen LogP contribution >= 0.6 is 0 Å². The molecule has 132 valence electrons. The van der Waals surface area contributed by atoms with Crippen molar-refractivity contribution >= 4 is 32.8 Å². The summed E-state index contributed by atoms with van der Waals surface area (Å²) in [6.45, 7) is 0. The summed E-state index contributed by atoms with van der Waals surface area (Å²) in [5.74, 6) is -0.218. The number of nitrogens with zero attached hydrogens (tertiary/aromatic N) is 2. The Kier molecular flexibility index (Phi) is 7.80. The Morgan fingerprint density at radius 2 is 1.64 bits per heavy atom. The lowest BCUT2D eigenvalue weighted by Crippen LogP contribution is -2.08. The van der Waals surface area contributed by atoms with Crippen LogP contribution in [0.2, 0.25) is 0 Å². The predicted molar refractivity (Wildman–Crippen MR) is 95.3 cm³/mol. The van der Waals surface area contributed by atoms with E-state index in [0.29, 0.717) is 0 Å². The highest BCUT2D eigenvalue weighted by Crippen LogP contribution is 2.24. The van der Waals surface area contributed by atoms with E-state index in [2.05, 4.69) is 65.9 Å². The van der Waals surface area contributed by atoms with Gasteiger partial charge in [0.05, 0.1) is 12.3 Å². The molecule has 0 saturated heterocycles. The van der Waals surface area contributed by atoms with E-state index in [4.69, 9.17) is 13.2 Å². The number of furan rings is 1. The van der Waals surface area contributed by atoms with Crippen LogP contribution in [0.4, 0.5) is 11.6 Å². The van der Waals surface area contributed by atoms with Crippen LogP contribution in [0.15, 0.2) is 65.3 Å². The first-order chi connectivity index (χ1) is 11.8. The Labute approximate surface area is 146 Å². The van der Waals surface area contributed by atoms with Gasteiger partial charge in [0, 0.05) is 25.2 Å². The zero-order valence-corrected chi connectivity index (χ0v) is 14.4. The second kappa shape index (κ2) is 9.83. The molecule has 9 heteroatoms. The molecule has 0 bridgehead atoms. The maximum Gasteiger partial charge on any atom is 0.432 e. The van der Waals surface area contributed by atoms with Gasteiger partial charge in [0.15, 0.2) is 0 Å². The van der Waals surface area contributed by atoms with E-state index in [-0.39, 0.29) is 5.88 Å². The number of nitro groups is 1. The minimum Gasteiger partial charge on any atom is -0.409 e. The molecule has 3 rings (SSSR count). The largest absolute Gasteiger partial charge is 0.432 e. The van der Waals surface area contributed by atoms with Crippen LogP contribution in [0, 0.1) is 14.9 Å². The molecule has 1 aromatic heterocycles. The second-order valence-corrected chi connectivity index (χ2v) is 5.31. The van der Waals surface area contributed by atoms with E-state index >= 15 is 0 Å². The van der Waals surface area contributed by atoms with Gasteiger partial charge < -0.3 is 9.32 Å². The highest BCUT2D eigenvalue weighted by Gasteiger charge is 2.04. The van der Waals surface area contributed by atoms with Crippen molar-refractivity contribution in [1.29, 1.82) is 4.78 Å². The van der Waals surface area contributed by atoms with Crippen molar-refractivity contribution in [2.75, 3.05) is 19.0 Å². The monoisotopic (exact) mass is 363 g/mol. The third-order valence-electron chi connectivity index (χ3n) is 2.93. The predicted octanol–water partition coefficient (Wildman–Crippen LogP) is 3.72. The molecule has 2 aromatic carbocycles. The lowest BCUT2D eigenvalue weighted by Gasteiger charge is -2.14. The highest BCUT2D eigenvalue weighted by atomic mass is 32.2. The Morgan fingerprint density at radius 1 is 1.04 bits per heavy atom. The van der Waals surface area contributed by atoms with Crippen molar-refractivity contribution in [2.45, 2.75) is 0 Å². The fourth-order valence-electron chi connectivity index (χ4n) is 1.97. The molecule has 0 saturated carbocycles. The summed E-state index contributed by atoms with van der Waals surface area (Å²) in [4.78, 5) is 11.3. The Bertz CT molecular complexity index is 910. The zero-order chi connectivity index (χ0) is 18.8. The minimum absolute atomic E-state index is 0.218. The Balaban J connectivity index is 0.000000223. The summed E-state index contributed by atoms with van der Waals surface area (Å²) in [6, 6.07) is 17.6. The SMILES string of the molecule is CN(C)c1cccc2ccccc12.N=S(=O)=O.O=[N+]([O-])c1ccco1. The Hall–Kier alpha value is -3.20. The molecular weight excluding hydrogens is 346 g/mol. The van der Waals surface area contributed by atoms with Gasteiger partial charge in [-0.05, 0) is 17.5 Å². The molecule has 0 aliphatic carbocycles. The topological polar surface area (TPSA) is 118 Å². The summed E-state index contributed by atoms with van der Waals surface area (Å²) in [6.07, 6.45) is 1.26. The maximum absolute atomic E-state index is 9.77. The van der Waals surface area contributed by atoms with E-state index in [0.717, 1.165) is 0 Å². The molecular formula is C16H17N3O5S. The minimum atomic E-state index is -2.61. The van der Waals surface area contributed by atoms with Gasteiger partial charge in [-0.1, -0.05) is 36.4 Å². The number of anilines is 1. The lowest BCUT2D eigenvalue weighted by molar-refractivity contribution is -0.402. The maximum atomic E-state index is 9.77. The van der Waals surface area contributed by atoms with Gasteiger partial charge in [0.2, 0.25) is 0 Å². The quantitative estimate of drug-likeness (QED) is 0.547. The van der Waals surface area contributed by atoms with E-state index in [1.807, 2.05) is 0 Å². The third-order valence-corrected chi connectivity index (χ3v) is 2.93. The van der Waals surface area contributed by atoms with Gasteiger partial charge >= 0.3 is 16.4 Å². The van der Waals surface area contributed by atoms with Gasteiger partial charge in [-0.25, -0.2) is 0 Å². The first-order valence-corrected chi connectivity index (χ1v) is 8.04. The molecule has 0 unspecified atom stereocenters. The summed E-state index contributed by atoms with van der Waals surface area (Å²) in [7, 11) is 1.53. The molecule has 0 fully saturated rings. The van der Waals surface area contributed by atoms with Crippen LogP contribution in [-0.2, 0) is 10.5 Å². The van der Waals surface area contributed by atoms with Crippen LogP contribution in [-0.4, -0.2) is 27.4 Å². The van der Waals surface area contributed by atoms with Gasteiger partial charge in [0.1, 0.15) is 4.92 Å². The highest BCUT2D eigenvalue weighted by molar-refractivity contribution is 7.60. The molecule has 8 nitrogen and oxygen atoms in total. The number of hydrogen-bond donors (Lipinski definition) is 1. The van der Waals surface area contributed by atoms with E-state index in [1.54, 1.807) is 0 Å². The van der Waals surface area contributed by atoms with Crippen molar-refractivity contribution in [3.8, 4) is 0 Å². The summed E-state index contributed by atoms with van der Waals surface area (Å²) >= 11 is 0. The fraction of sp³-hybridized carbons (Fsp3) is 0.125. The summed E-state index contributed by atoms with van der Waals surface area (Å²) in [5, 5.41) is 12.4. The van der Waals surface area contributed by atoms with Gasteiger partial charge in [-0.2, -0.15) is 13.2 Å². The molecule has 3 aromatic rings. The molecule has 25 heavy (non-hydrogen) atoms. The third kappa shape index (κ3) is 6.83. The second-order valence-electron chi connectivity index (χ2n) is 4.84. The van der Waals surface area contributed by atoms with Crippen molar-refractivity contribution in [2.24, 2.45) is 0 Å². The molecule has 0 amide bonds. The molecule has 0 aliphatic rings. The average molecular weight is 363 g/mol. The van der Waals surface area contributed by atoms with Crippen LogP contribution < -0.4 is 4.90 Å². The first kappa shape index (κ1) is 19.8. The van der Waals surface area contributed by atoms with Crippen LogP contribution in [0.25, 0.3) is 10.8 Å². The van der Waals surface area contributed by atoms with Crippen molar-refractivity contribution in [3.05, 3.63) is 71.0 Å². The number of rotatable bonds is 2. The van der Waals surface area contributed by atoms with Gasteiger partial charge in [-0.3, -0.25) is 10.1 Å². The van der Waals surface area contributed by atoms with Crippen LogP contribution in [0.5, 0.6) is 0 Å². The smallest absolute Gasteiger partial charge is 0.409 e. The molecule has 0 radical (unpaired) electrons. The standard InChI is InChI=1S/C12H13N.C4H3NO3.HNO2S/c1-13(2)12-9-5-7-10-6-3-4-8-11(10)12;6-5(7)4-2-1-3-8-4;1-4(2)3/h3-9H,1-2H3;1-3H;1H. The van der Waals surface area contributed by atoms with Crippen LogP contribution in [0.3, 0.4) is 0 Å². The molecule has 0 aliphatic heterocycles. The number of nitrogens with one attached hydrogen (secondary N) is 1. The van der Waals surface area contributed by atoms with E-state index in [9.17, 15) is 10.1 Å². The van der Waals surface area contributed by atoms with Crippen LogP contribution in [0.1, 0.15) is 0 Å². The molecule has 0 spiro atoms. The van der Waals surface area contributed by atoms with E-state index < -0.39 is 15.4 Å². The normalized spacial score (nSPS) is 9.20. The molecule has 1 heterocycles. The molecule has 0 atom stereocenters. The van der Waals surface area contributed by atoms with E-state index in [1.165, 1.54) is 34.9 Å². The summed E-state index contributed by atoms with van der Waals surface area (Å²) in [5.41, 5.74) is 1.28. The molecule has 1 N–H and O–H groups in total. The lowest BCUT2D eigenvalue weighted by atomic mass is 10.1. The van der Waals surface area contributed by atoms with Crippen molar-refractivity contribution in [3.63, 3.8) is 0 Å². The van der Waals surface area contributed by atoms with Crippen molar-refractivity contribution < 1.29 is 17.8 Å². The summed E-state index contributed by atoms with van der Waals surface area (Å²) < 4.78 is 27.2. The fourth-order valence-corrected chi connectivity index (χ4v) is 1.97. The number of fused-ring (bicyclic) bond motifs is 1. The van der Waals surface area contributed by atoms with Gasteiger partial charge in [-0.15, -0.1) is 0 Å². The number of hydrogen-bond acceptors (Lipinski definition) is 7. The zero-order valence-electron chi connectivity index (χ0n) is 13.6. The first-order valence-electron chi connectivity index (χ1n) is 6.96. The number of benzene rings is 2. The Morgan fingerprint density at radius 3 is 2.12 bits per heavy atom.